The SMILES string of the molecule is O=c1[nH]cnc(N2CCC(O)CC2)c1Br. The third-order valence-corrected chi connectivity index (χ3v) is 3.26. The summed E-state index contributed by atoms with van der Waals surface area (Å²) in [5.74, 6) is 0.658. The fourth-order valence-corrected chi connectivity index (χ4v) is 2.14. The second kappa shape index (κ2) is 4.32. The molecule has 2 N–H and O–H groups in total. The van der Waals surface area contributed by atoms with Crippen LogP contribution >= 0.6 is 15.9 Å². The molecule has 0 atom stereocenters. The summed E-state index contributed by atoms with van der Waals surface area (Å²) < 4.78 is 0.460. The molecule has 1 aliphatic heterocycles. The highest BCUT2D eigenvalue weighted by Gasteiger charge is 2.20. The van der Waals surface area contributed by atoms with E-state index in [0.29, 0.717) is 10.3 Å². The van der Waals surface area contributed by atoms with Crippen LogP contribution in [0.25, 0.3) is 0 Å². The number of halogens is 1. The maximum atomic E-state index is 11.3. The zero-order chi connectivity index (χ0) is 10.8. The molecule has 82 valence electrons. The Balaban J connectivity index is 2.23. The predicted octanol–water partition coefficient (Wildman–Crippen LogP) is 0.493. The summed E-state index contributed by atoms with van der Waals surface area (Å²) in [6.07, 6.45) is 2.62. The first kappa shape index (κ1) is 10.6. The lowest BCUT2D eigenvalue weighted by Crippen LogP contribution is -2.37. The first-order chi connectivity index (χ1) is 7.18. The highest BCUT2D eigenvalue weighted by atomic mass is 79.9. The lowest BCUT2D eigenvalue weighted by molar-refractivity contribution is 0.145. The second-order valence-electron chi connectivity index (χ2n) is 3.59. The molecule has 0 amide bonds. The van der Waals surface area contributed by atoms with Crippen molar-refractivity contribution in [2.24, 2.45) is 0 Å². The van der Waals surface area contributed by atoms with Crippen LogP contribution in [0.15, 0.2) is 15.6 Å². The van der Waals surface area contributed by atoms with Crippen LogP contribution in [0.3, 0.4) is 0 Å². The Morgan fingerprint density at radius 2 is 2.20 bits per heavy atom. The molecule has 15 heavy (non-hydrogen) atoms. The number of H-pyrrole nitrogens is 1. The molecule has 1 aromatic rings. The van der Waals surface area contributed by atoms with Gasteiger partial charge in [-0.05, 0) is 28.8 Å². The van der Waals surface area contributed by atoms with Crippen LogP contribution in [0.5, 0.6) is 0 Å². The monoisotopic (exact) mass is 273 g/mol. The number of aromatic amines is 1. The molecule has 0 aliphatic carbocycles. The minimum absolute atomic E-state index is 0.175. The molecular formula is C9H12BrN3O2. The summed E-state index contributed by atoms with van der Waals surface area (Å²) in [7, 11) is 0. The maximum Gasteiger partial charge on any atom is 0.267 e. The van der Waals surface area contributed by atoms with E-state index in [9.17, 15) is 9.90 Å². The third kappa shape index (κ3) is 2.21. The molecule has 6 heteroatoms. The number of hydrogen-bond donors (Lipinski definition) is 2. The van der Waals surface area contributed by atoms with Crippen molar-refractivity contribution in [3.63, 3.8) is 0 Å². The number of piperidine rings is 1. The second-order valence-corrected chi connectivity index (χ2v) is 4.38. The average Bonchev–Trinajstić information content (AvgIpc) is 2.24. The van der Waals surface area contributed by atoms with Gasteiger partial charge in [-0.25, -0.2) is 4.98 Å². The van der Waals surface area contributed by atoms with Gasteiger partial charge < -0.3 is 15.0 Å². The Morgan fingerprint density at radius 3 is 2.87 bits per heavy atom. The van der Waals surface area contributed by atoms with E-state index < -0.39 is 0 Å². The number of anilines is 1. The third-order valence-electron chi connectivity index (χ3n) is 2.54. The topological polar surface area (TPSA) is 69.2 Å². The Bertz CT molecular complexity index is 399. The average molecular weight is 274 g/mol. The molecule has 0 bridgehead atoms. The van der Waals surface area contributed by atoms with Gasteiger partial charge in [-0.2, -0.15) is 0 Å². The predicted molar refractivity (Wildman–Crippen MR) is 60.0 cm³/mol. The molecule has 1 fully saturated rings. The van der Waals surface area contributed by atoms with Gasteiger partial charge in [0.25, 0.3) is 5.56 Å². The van der Waals surface area contributed by atoms with Crippen LogP contribution in [0.1, 0.15) is 12.8 Å². The van der Waals surface area contributed by atoms with Crippen molar-refractivity contribution in [1.82, 2.24) is 9.97 Å². The molecule has 0 spiro atoms. The minimum atomic E-state index is -0.220. The van der Waals surface area contributed by atoms with Crippen LogP contribution in [0.2, 0.25) is 0 Å². The maximum absolute atomic E-state index is 11.3. The van der Waals surface area contributed by atoms with Crippen molar-refractivity contribution >= 4 is 21.7 Å². The zero-order valence-corrected chi connectivity index (χ0v) is 9.70. The number of hydrogen-bond acceptors (Lipinski definition) is 4. The normalized spacial score (nSPS) is 18.1. The lowest BCUT2D eigenvalue weighted by Gasteiger charge is -2.30. The molecule has 1 aromatic heterocycles. The van der Waals surface area contributed by atoms with E-state index in [1.54, 1.807) is 0 Å². The number of nitrogens with one attached hydrogen (secondary N) is 1. The Labute approximate surface area is 95.3 Å². The smallest absolute Gasteiger partial charge is 0.267 e. The fraction of sp³-hybridized carbons (Fsp3) is 0.556. The lowest BCUT2D eigenvalue weighted by atomic mass is 10.1. The van der Waals surface area contributed by atoms with Crippen LogP contribution in [-0.4, -0.2) is 34.3 Å². The molecule has 0 saturated carbocycles. The van der Waals surface area contributed by atoms with E-state index in [-0.39, 0.29) is 11.7 Å². The number of aromatic nitrogens is 2. The number of nitrogens with zero attached hydrogens (tertiary/aromatic N) is 2. The molecule has 1 saturated heterocycles. The quantitative estimate of drug-likeness (QED) is 0.782. The molecular weight excluding hydrogens is 262 g/mol. The Morgan fingerprint density at radius 1 is 1.53 bits per heavy atom. The number of aliphatic hydroxyl groups is 1. The molecule has 1 aliphatic rings. The first-order valence-electron chi connectivity index (χ1n) is 4.84. The molecule has 0 radical (unpaired) electrons. The Hall–Kier alpha value is -0.880. The van der Waals surface area contributed by atoms with Crippen molar-refractivity contribution in [3.8, 4) is 0 Å². The van der Waals surface area contributed by atoms with Crippen molar-refractivity contribution in [2.45, 2.75) is 18.9 Å². The standard InChI is InChI=1S/C9H12BrN3O2/c10-7-8(11-5-12-9(7)15)13-3-1-6(14)2-4-13/h5-6,14H,1-4H2,(H,11,12,15). The summed E-state index contributed by atoms with van der Waals surface area (Å²) in [5, 5.41) is 9.37. The number of rotatable bonds is 1. The van der Waals surface area contributed by atoms with Crippen LogP contribution < -0.4 is 10.5 Å². The van der Waals surface area contributed by atoms with Gasteiger partial charge in [0, 0.05) is 13.1 Å². The molecule has 0 unspecified atom stereocenters. The van der Waals surface area contributed by atoms with E-state index in [1.807, 2.05) is 4.90 Å². The molecule has 2 rings (SSSR count). The summed E-state index contributed by atoms with van der Waals surface area (Å²) in [4.78, 5) is 20.0. The van der Waals surface area contributed by atoms with Gasteiger partial charge in [0.2, 0.25) is 0 Å². The van der Waals surface area contributed by atoms with Gasteiger partial charge >= 0.3 is 0 Å². The summed E-state index contributed by atoms with van der Waals surface area (Å²) in [6, 6.07) is 0. The van der Waals surface area contributed by atoms with Crippen molar-refractivity contribution < 1.29 is 5.11 Å². The zero-order valence-electron chi connectivity index (χ0n) is 8.11. The number of aliphatic hydroxyl groups excluding tert-OH is 1. The minimum Gasteiger partial charge on any atom is -0.393 e. The van der Waals surface area contributed by atoms with Crippen LogP contribution in [0, 0.1) is 0 Å². The van der Waals surface area contributed by atoms with Crippen molar-refractivity contribution in [3.05, 3.63) is 21.2 Å². The first-order valence-corrected chi connectivity index (χ1v) is 5.64. The summed E-state index contributed by atoms with van der Waals surface area (Å²) in [5.41, 5.74) is -0.175. The van der Waals surface area contributed by atoms with E-state index in [2.05, 4.69) is 25.9 Å². The van der Waals surface area contributed by atoms with Gasteiger partial charge in [0.15, 0.2) is 0 Å². The summed E-state index contributed by atoms with van der Waals surface area (Å²) >= 11 is 3.22. The van der Waals surface area contributed by atoms with Crippen molar-refractivity contribution in [1.29, 1.82) is 0 Å². The molecule has 2 heterocycles. The molecule has 0 aromatic carbocycles. The largest absolute Gasteiger partial charge is 0.393 e. The highest BCUT2D eigenvalue weighted by molar-refractivity contribution is 9.10. The fourth-order valence-electron chi connectivity index (χ4n) is 1.67. The van der Waals surface area contributed by atoms with Gasteiger partial charge in [-0.3, -0.25) is 4.79 Å². The van der Waals surface area contributed by atoms with E-state index >= 15 is 0 Å². The van der Waals surface area contributed by atoms with Gasteiger partial charge in [0.05, 0.1) is 12.4 Å². The van der Waals surface area contributed by atoms with E-state index in [4.69, 9.17) is 0 Å². The van der Waals surface area contributed by atoms with Crippen LogP contribution in [0.4, 0.5) is 5.82 Å². The summed E-state index contributed by atoms with van der Waals surface area (Å²) in [6.45, 7) is 1.46. The van der Waals surface area contributed by atoms with E-state index in [0.717, 1.165) is 25.9 Å². The van der Waals surface area contributed by atoms with Gasteiger partial charge in [-0.1, -0.05) is 0 Å². The van der Waals surface area contributed by atoms with Crippen LogP contribution in [-0.2, 0) is 0 Å². The van der Waals surface area contributed by atoms with E-state index in [1.165, 1.54) is 6.33 Å². The van der Waals surface area contributed by atoms with Gasteiger partial charge in [-0.15, -0.1) is 0 Å². The molecule has 5 nitrogen and oxygen atoms in total. The van der Waals surface area contributed by atoms with Gasteiger partial charge in [0.1, 0.15) is 10.3 Å². The Kier molecular flexibility index (Phi) is 3.06. The van der Waals surface area contributed by atoms with Crippen molar-refractivity contribution in [2.75, 3.05) is 18.0 Å². The highest BCUT2D eigenvalue weighted by Crippen LogP contribution is 2.22.